The molecule has 6 nitrogen and oxygen atoms in total. The Balaban J connectivity index is 1.34. The van der Waals surface area contributed by atoms with E-state index in [-0.39, 0.29) is 11.2 Å². The summed E-state index contributed by atoms with van der Waals surface area (Å²) < 4.78 is 0. The molecular weight excluding hydrogens is 460 g/mol. The van der Waals surface area contributed by atoms with E-state index >= 15 is 0 Å². The van der Waals surface area contributed by atoms with E-state index in [9.17, 15) is 9.59 Å². The molecule has 2 aromatic heterocycles. The first-order valence-electron chi connectivity index (χ1n) is 11.4. The Morgan fingerprint density at radius 1 is 1.25 bits per heavy atom. The van der Waals surface area contributed by atoms with Gasteiger partial charge in [0.1, 0.15) is 21.4 Å². The van der Waals surface area contributed by atoms with Crippen molar-refractivity contribution >= 4 is 51.7 Å². The molecule has 3 aliphatic rings. The van der Waals surface area contributed by atoms with Gasteiger partial charge in [-0.1, -0.05) is 25.1 Å². The number of rotatable bonds is 5. The number of aromatic nitrogens is 2. The molecule has 170 valence electrons. The number of nitrogens with two attached hydrogens (primary N) is 1. The van der Waals surface area contributed by atoms with Crippen molar-refractivity contribution in [3.63, 3.8) is 0 Å². The van der Waals surface area contributed by atoms with E-state index in [1.54, 1.807) is 6.33 Å². The van der Waals surface area contributed by atoms with Crippen LogP contribution < -0.4 is 11.1 Å². The maximum Gasteiger partial charge on any atom is 0.251 e. The fourth-order valence-electron chi connectivity index (χ4n) is 5.15. The largest absolute Gasteiger partial charge is 0.365 e. The molecule has 4 unspecified atom stereocenters. The molecule has 3 heterocycles. The second-order valence-corrected chi connectivity index (χ2v) is 12.8. The number of carbonyl (C=O) groups excluding carboxylic acids is 2. The van der Waals surface area contributed by atoms with Gasteiger partial charge in [0.25, 0.3) is 5.91 Å². The monoisotopic (exact) mass is 488 g/mol. The normalized spacial score (nSPS) is 24.9. The molecule has 5 rings (SSSR count). The van der Waals surface area contributed by atoms with Gasteiger partial charge < -0.3 is 11.1 Å². The van der Waals surface area contributed by atoms with Crippen molar-refractivity contribution in [2.24, 2.45) is 11.7 Å². The van der Waals surface area contributed by atoms with Crippen LogP contribution in [0.2, 0.25) is 0 Å². The van der Waals surface area contributed by atoms with Gasteiger partial charge in [-0.3, -0.25) is 9.59 Å². The summed E-state index contributed by atoms with van der Waals surface area (Å²) in [6.07, 6.45) is 9.21. The Morgan fingerprint density at radius 3 is 2.88 bits per heavy atom. The Hall–Kier alpha value is -1.58. The summed E-state index contributed by atoms with van der Waals surface area (Å²) in [5.74, 6) is 0.657. The fraction of sp³-hybridized carbons (Fsp3) is 0.565. The lowest BCUT2D eigenvalue weighted by molar-refractivity contribution is -0.115. The lowest BCUT2D eigenvalue weighted by atomic mass is 9.80. The third-order valence-corrected chi connectivity index (χ3v) is 10.5. The van der Waals surface area contributed by atoms with Crippen molar-refractivity contribution in [2.45, 2.75) is 85.3 Å². The average Bonchev–Trinajstić information content (AvgIpc) is 3.31. The lowest BCUT2D eigenvalue weighted by Crippen LogP contribution is -2.25. The number of nitrogens with zero attached hydrogens (tertiary/aromatic N) is 2. The molecule has 2 aliphatic carbocycles. The van der Waals surface area contributed by atoms with Gasteiger partial charge in [0, 0.05) is 21.6 Å². The van der Waals surface area contributed by atoms with Gasteiger partial charge >= 0.3 is 0 Å². The minimum atomic E-state index is -0.455. The molecule has 0 bridgehead atoms. The van der Waals surface area contributed by atoms with Crippen LogP contribution in [-0.4, -0.2) is 32.3 Å². The molecule has 0 aromatic carbocycles. The van der Waals surface area contributed by atoms with Gasteiger partial charge in [-0.2, -0.15) is 0 Å². The van der Waals surface area contributed by atoms with Crippen LogP contribution in [0.25, 0.3) is 0 Å². The number of carbonyl (C=O) groups is 2. The van der Waals surface area contributed by atoms with E-state index in [0.29, 0.717) is 21.7 Å². The predicted octanol–water partition coefficient (Wildman–Crippen LogP) is 5.01. The van der Waals surface area contributed by atoms with Gasteiger partial charge in [0.2, 0.25) is 5.91 Å². The third kappa shape index (κ3) is 4.07. The van der Waals surface area contributed by atoms with Crippen LogP contribution in [0.3, 0.4) is 0 Å². The Labute approximate surface area is 200 Å². The number of fused-ring (bicyclic) bond motifs is 4. The highest BCUT2D eigenvalue weighted by molar-refractivity contribution is 8.01. The SMILES string of the molecule is CC1CCC2c3c(SC(C)C(=O)Nc4sc5c(c4C(N)=O)CCCC5)ncnc3SC2C1. The van der Waals surface area contributed by atoms with Crippen LogP contribution in [0.15, 0.2) is 16.4 Å². The Morgan fingerprint density at radius 2 is 2.06 bits per heavy atom. The van der Waals surface area contributed by atoms with Crippen molar-refractivity contribution < 1.29 is 9.59 Å². The number of hydrogen-bond acceptors (Lipinski definition) is 7. The summed E-state index contributed by atoms with van der Waals surface area (Å²) in [6.45, 7) is 4.23. The highest BCUT2D eigenvalue weighted by Crippen LogP contribution is 2.54. The zero-order chi connectivity index (χ0) is 22.4. The number of hydrogen-bond donors (Lipinski definition) is 2. The number of thioether (sulfide) groups is 2. The molecule has 2 amide bonds. The van der Waals surface area contributed by atoms with Gasteiger partial charge in [-0.15, -0.1) is 23.1 Å². The second-order valence-electron chi connectivity index (χ2n) is 9.11. The molecule has 0 saturated heterocycles. The highest BCUT2D eigenvalue weighted by atomic mass is 32.2. The highest BCUT2D eigenvalue weighted by Gasteiger charge is 2.40. The summed E-state index contributed by atoms with van der Waals surface area (Å²) in [5, 5.41) is 5.85. The lowest BCUT2D eigenvalue weighted by Gasteiger charge is -2.29. The molecule has 2 aromatic rings. The van der Waals surface area contributed by atoms with E-state index in [0.717, 1.165) is 53.6 Å². The number of nitrogens with one attached hydrogen (secondary N) is 1. The minimum absolute atomic E-state index is 0.122. The smallest absolute Gasteiger partial charge is 0.251 e. The minimum Gasteiger partial charge on any atom is -0.365 e. The number of anilines is 1. The van der Waals surface area contributed by atoms with Crippen LogP contribution in [0, 0.1) is 5.92 Å². The quantitative estimate of drug-likeness (QED) is 0.453. The van der Waals surface area contributed by atoms with Crippen molar-refractivity contribution in [2.75, 3.05) is 5.32 Å². The predicted molar refractivity (Wildman–Crippen MR) is 131 cm³/mol. The van der Waals surface area contributed by atoms with Crippen LogP contribution >= 0.6 is 34.9 Å². The van der Waals surface area contributed by atoms with Gasteiger partial charge in [-0.25, -0.2) is 9.97 Å². The number of thiophene rings is 1. The van der Waals surface area contributed by atoms with E-state index in [4.69, 9.17) is 5.73 Å². The zero-order valence-corrected chi connectivity index (χ0v) is 20.8. The fourth-order valence-corrected chi connectivity index (χ4v) is 9.13. The van der Waals surface area contributed by atoms with Crippen molar-refractivity contribution in [1.82, 2.24) is 9.97 Å². The summed E-state index contributed by atoms with van der Waals surface area (Å²) in [5.41, 5.74) is 8.47. The standard InChI is InChI=1S/C23H28N4O2S3/c1-11-7-8-14-16(9-11)32-22-18(14)21(25-10-26-22)30-12(2)20(29)27-23-17(19(24)28)13-5-3-4-6-15(13)31-23/h10-12,14,16H,3-9H2,1-2H3,(H2,24,28)(H,27,29). The number of aryl methyl sites for hydroxylation is 1. The first-order valence-corrected chi connectivity index (χ1v) is 13.9. The molecule has 9 heteroatoms. The van der Waals surface area contributed by atoms with Crippen LogP contribution in [0.5, 0.6) is 0 Å². The molecule has 0 radical (unpaired) electrons. The third-order valence-electron chi connectivity index (χ3n) is 6.81. The summed E-state index contributed by atoms with van der Waals surface area (Å²) in [6, 6.07) is 0. The van der Waals surface area contributed by atoms with E-state index in [1.165, 1.54) is 46.4 Å². The van der Waals surface area contributed by atoms with Crippen molar-refractivity contribution in [1.29, 1.82) is 0 Å². The van der Waals surface area contributed by atoms with E-state index in [2.05, 4.69) is 22.2 Å². The average molecular weight is 489 g/mol. The molecule has 4 atom stereocenters. The topological polar surface area (TPSA) is 98.0 Å². The van der Waals surface area contributed by atoms with Crippen molar-refractivity contribution in [3.8, 4) is 0 Å². The molecule has 0 spiro atoms. The van der Waals surface area contributed by atoms with Gasteiger partial charge in [0.05, 0.1) is 10.8 Å². The Kier molecular flexibility index (Phi) is 6.24. The van der Waals surface area contributed by atoms with Crippen LogP contribution in [0.1, 0.15) is 78.2 Å². The number of primary amides is 1. The Bertz CT molecular complexity index is 1070. The van der Waals surface area contributed by atoms with E-state index in [1.807, 2.05) is 18.7 Å². The molecule has 1 fully saturated rings. The van der Waals surface area contributed by atoms with Crippen LogP contribution in [0.4, 0.5) is 5.00 Å². The van der Waals surface area contributed by atoms with Gasteiger partial charge in [-0.05, 0) is 56.9 Å². The molecule has 1 saturated carbocycles. The first-order chi connectivity index (χ1) is 15.4. The molecule has 1 aliphatic heterocycles. The molecular formula is C23H28N4O2S3. The maximum atomic E-state index is 13.1. The molecule has 3 N–H and O–H groups in total. The van der Waals surface area contributed by atoms with Crippen LogP contribution in [-0.2, 0) is 17.6 Å². The summed E-state index contributed by atoms with van der Waals surface area (Å²) in [4.78, 5) is 35.5. The molecule has 32 heavy (non-hydrogen) atoms. The summed E-state index contributed by atoms with van der Waals surface area (Å²) >= 11 is 4.88. The zero-order valence-electron chi connectivity index (χ0n) is 18.3. The number of amides is 2. The van der Waals surface area contributed by atoms with Crippen molar-refractivity contribution in [3.05, 3.63) is 27.9 Å². The first kappa shape index (κ1) is 22.2. The summed E-state index contributed by atoms with van der Waals surface area (Å²) in [7, 11) is 0. The maximum absolute atomic E-state index is 13.1. The van der Waals surface area contributed by atoms with E-state index < -0.39 is 5.91 Å². The second kappa shape index (κ2) is 8.99. The van der Waals surface area contributed by atoms with Gasteiger partial charge in [0.15, 0.2) is 0 Å².